The number of nitrogen functional groups attached to an aromatic ring is 1. The van der Waals surface area contributed by atoms with Crippen LogP contribution in [0.1, 0.15) is 18.2 Å². The van der Waals surface area contributed by atoms with Gasteiger partial charge in [-0.1, -0.05) is 61.2 Å². The third-order valence-electron chi connectivity index (χ3n) is 3.06. The van der Waals surface area contributed by atoms with E-state index >= 15 is 0 Å². The Morgan fingerprint density at radius 1 is 1.33 bits per heavy atom. The van der Waals surface area contributed by atoms with E-state index < -0.39 is 0 Å². The molecular formula is C18H16N2O. The van der Waals surface area contributed by atoms with Crippen molar-refractivity contribution >= 4 is 11.5 Å². The van der Waals surface area contributed by atoms with E-state index in [9.17, 15) is 5.26 Å². The van der Waals surface area contributed by atoms with Gasteiger partial charge in [-0.15, -0.1) is 0 Å². The van der Waals surface area contributed by atoms with E-state index in [1.54, 1.807) is 6.08 Å². The molecule has 21 heavy (non-hydrogen) atoms. The first-order valence-electron chi connectivity index (χ1n) is 6.56. The fourth-order valence-electron chi connectivity index (χ4n) is 2.08. The molecule has 2 rings (SSSR count). The Balaban J connectivity index is 2.74. The summed E-state index contributed by atoms with van der Waals surface area (Å²) in [5, 5.41) is 9.36. The third kappa shape index (κ3) is 2.80. The summed E-state index contributed by atoms with van der Waals surface area (Å²) in [5.74, 6) is 0.683. The van der Waals surface area contributed by atoms with E-state index in [1.807, 2.05) is 55.5 Å². The average molecular weight is 276 g/mol. The van der Waals surface area contributed by atoms with Crippen LogP contribution in [0.3, 0.4) is 0 Å². The predicted molar refractivity (Wildman–Crippen MR) is 86.3 cm³/mol. The number of hydrogen-bond acceptors (Lipinski definition) is 3. The molecular weight excluding hydrogens is 260 g/mol. The van der Waals surface area contributed by atoms with Gasteiger partial charge in [0.1, 0.15) is 17.4 Å². The van der Waals surface area contributed by atoms with Gasteiger partial charge in [-0.3, -0.25) is 0 Å². The largest absolute Gasteiger partial charge is 0.439 e. The summed E-state index contributed by atoms with van der Waals surface area (Å²) in [6.45, 7) is 5.73. The minimum absolute atomic E-state index is 0.125. The first-order valence-corrected chi connectivity index (χ1v) is 6.56. The average Bonchev–Trinajstić information content (AvgIpc) is 2.85. The molecule has 0 aliphatic heterocycles. The maximum atomic E-state index is 9.36. The highest BCUT2D eigenvalue weighted by atomic mass is 16.4. The van der Waals surface area contributed by atoms with E-state index in [-0.39, 0.29) is 5.88 Å². The Morgan fingerprint density at radius 2 is 2.05 bits per heavy atom. The fraction of sp³-hybridized carbons (Fsp3) is 0.0556. The van der Waals surface area contributed by atoms with Crippen LogP contribution in [0.25, 0.3) is 16.7 Å². The van der Waals surface area contributed by atoms with Gasteiger partial charge in [0.15, 0.2) is 0 Å². The van der Waals surface area contributed by atoms with Crippen molar-refractivity contribution in [3.63, 3.8) is 0 Å². The lowest BCUT2D eigenvalue weighted by molar-refractivity contribution is 0.574. The van der Waals surface area contributed by atoms with Crippen molar-refractivity contribution in [2.24, 2.45) is 0 Å². The number of benzene rings is 1. The summed E-state index contributed by atoms with van der Waals surface area (Å²) in [4.78, 5) is 0. The minimum Gasteiger partial charge on any atom is -0.439 e. The number of furan rings is 1. The van der Waals surface area contributed by atoms with E-state index in [0.717, 1.165) is 11.1 Å². The molecule has 1 aromatic heterocycles. The highest BCUT2D eigenvalue weighted by Crippen LogP contribution is 2.38. The van der Waals surface area contributed by atoms with Crippen LogP contribution < -0.4 is 5.73 Å². The van der Waals surface area contributed by atoms with Gasteiger partial charge in [0.25, 0.3) is 0 Å². The molecule has 104 valence electrons. The Bertz CT molecular complexity index is 744. The summed E-state index contributed by atoms with van der Waals surface area (Å²) < 4.78 is 5.62. The molecule has 0 atom stereocenters. The number of anilines is 1. The highest BCUT2D eigenvalue weighted by molar-refractivity contribution is 5.88. The highest BCUT2D eigenvalue weighted by Gasteiger charge is 2.21. The van der Waals surface area contributed by atoms with Crippen LogP contribution in [0, 0.1) is 11.3 Å². The van der Waals surface area contributed by atoms with Crippen molar-refractivity contribution in [1.29, 1.82) is 5.26 Å². The lowest BCUT2D eigenvalue weighted by Crippen LogP contribution is -1.87. The molecule has 0 saturated heterocycles. The van der Waals surface area contributed by atoms with Gasteiger partial charge in [-0.05, 0) is 12.5 Å². The van der Waals surface area contributed by atoms with E-state index in [0.29, 0.717) is 16.9 Å². The van der Waals surface area contributed by atoms with Gasteiger partial charge >= 0.3 is 0 Å². The fourth-order valence-corrected chi connectivity index (χ4v) is 2.08. The first-order chi connectivity index (χ1) is 10.2. The van der Waals surface area contributed by atoms with Crippen molar-refractivity contribution in [2.45, 2.75) is 6.92 Å². The quantitative estimate of drug-likeness (QED) is 0.833. The number of rotatable bonds is 4. The van der Waals surface area contributed by atoms with Crippen molar-refractivity contribution in [1.82, 2.24) is 0 Å². The van der Waals surface area contributed by atoms with Crippen LogP contribution >= 0.6 is 0 Å². The summed E-state index contributed by atoms with van der Waals surface area (Å²) in [6.07, 6.45) is 7.35. The van der Waals surface area contributed by atoms with Crippen LogP contribution in [0.4, 0.5) is 5.88 Å². The molecule has 2 N–H and O–H groups in total. The first kappa shape index (κ1) is 14.4. The van der Waals surface area contributed by atoms with E-state index in [4.69, 9.17) is 10.2 Å². The molecule has 3 heteroatoms. The molecule has 0 aliphatic carbocycles. The molecule has 0 saturated carbocycles. The van der Waals surface area contributed by atoms with Crippen molar-refractivity contribution < 1.29 is 4.42 Å². The Hall–Kier alpha value is -2.99. The van der Waals surface area contributed by atoms with Gasteiger partial charge in [0.05, 0.1) is 0 Å². The second-order valence-electron chi connectivity index (χ2n) is 4.38. The standard InChI is InChI=1S/C18H16N2O/c1-3-5-9-13(4-2)17-16(14-10-7-6-8-11-14)15(12-19)18(20)21-17/h3-11H,2,20H2,1H3/b5-3-,13-9+. The zero-order chi connectivity index (χ0) is 15.2. The molecule has 0 radical (unpaired) electrons. The minimum atomic E-state index is 0.125. The number of nitrogens with two attached hydrogens (primary N) is 1. The monoisotopic (exact) mass is 276 g/mol. The van der Waals surface area contributed by atoms with Crippen molar-refractivity contribution in [3.8, 4) is 17.2 Å². The number of allylic oxidation sites excluding steroid dienone is 5. The van der Waals surface area contributed by atoms with Crippen LogP contribution in [0.5, 0.6) is 0 Å². The van der Waals surface area contributed by atoms with Gasteiger partial charge in [-0.25, -0.2) is 0 Å². The van der Waals surface area contributed by atoms with Crippen LogP contribution in [0.15, 0.2) is 65.6 Å². The molecule has 0 amide bonds. The Kier molecular flexibility index (Phi) is 4.43. The molecule has 1 aromatic carbocycles. The lowest BCUT2D eigenvalue weighted by atomic mass is 9.98. The number of nitriles is 1. The van der Waals surface area contributed by atoms with Crippen LogP contribution in [-0.2, 0) is 0 Å². The van der Waals surface area contributed by atoms with Gasteiger partial charge in [-0.2, -0.15) is 5.26 Å². The molecule has 0 fully saturated rings. The lowest BCUT2D eigenvalue weighted by Gasteiger charge is -2.03. The molecule has 0 aliphatic rings. The molecule has 0 unspecified atom stereocenters. The second kappa shape index (κ2) is 6.44. The Labute approximate surface area is 124 Å². The zero-order valence-corrected chi connectivity index (χ0v) is 11.8. The predicted octanol–water partition coefficient (Wildman–Crippen LogP) is 4.55. The summed E-state index contributed by atoms with van der Waals surface area (Å²) in [7, 11) is 0. The van der Waals surface area contributed by atoms with Crippen LogP contribution in [-0.4, -0.2) is 0 Å². The van der Waals surface area contributed by atoms with Crippen molar-refractivity contribution in [2.75, 3.05) is 5.73 Å². The molecule has 0 spiro atoms. The van der Waals surface area contributed by atoms with Gasteiger partial charge in [0, 0.05) is 11.1 Å². The number of hydrogen-bond donors (Lipinski definition) is 1. The maximum Gasteiger partial charge on any atom is 0.209 e. The number of nitrogens with zero attached hydrogens (tertiary/aromatic N) is 1. The molecule has 3 nitrogen and oxygen atoms in total. The SMILES string of the molecule is C=C/C(=C\C=C/C)c1oc(N)c(C#N)c1-c1ccccc1. The van der Waals surface area contributed by atoms with Crippen LogP contribution in [0.2, 0.25) is 0 Å². The third-order valence-corrected chi connectivity index (χ3v) is 3.06. The molecule has 2 aromatic rings. The Morgan fingerprint density at radius 3 is 2.62 bits per heavy atom. The molecule has 1 heterocycles. The smallest absolute Gasteiger partial charge is 0.209 e. The topological polar surface area (TPSA) is 62.9 Å². The van der Waals surface area contributed by atoms with E-state index in [1.165, 1.54) is 0 Å². The second-order valence-corrected chi connectivity index (χ2v) is 4.38. The molecule has 0 bridgehead atoms. The van der Waals surface area contributed by atoms with Gasteiger partial charge < -0.3 is 10.2 Å². The summed E-state index contributed by atoms with van der Waals surface area (Å²) >= 11 is 0. The summed E-state index contributed by atoms with van der Waals surface area (Å²) in [5.41, 5.74) is 8.56. The summed E-state index contributed by atoms with van der Waals surface area (Å²) in [6, 6.07) is 11.7. The van der Waals surface area contributed by atoms with Gasteiger partial charge in [0.2, 0.25) is 5.88 Å². The normalized spacial score (nSPS) is 11.5. The van der Waals surface area contributed by atoms with Crippen molar-refractivity contribution in [3.05, 3.63) is 72.5 Å². The van der Waals surface area contributed by atoms with E-state index in [2.05, 4.69) is 12.6 Å². The zero-order valence-electron chi connectivity index (χ0n) is 11.8. The maximum absolute atomic E-state index is 9.36.